The quantitative estimate of drug-likeness (QED) is 0.127. The molecule has 0 aliphatic heterocycles. The predicted molar refractivity (Wildman–Crippen MR) is 171 cm³/mol. The normalized spacial score (nSPS) is 11.1. The van der Waals surface area contributed by atoms with Gasteiger partial charge >= 0.3 is 5.97 Å². The van der Waals surface area contributed by atoms with Crippen molar-refractivity contribution < 1.29 is 37.0 Å². The molecular formula is C34H38N2O8S. The molecule has 0 unspecified atom stereocenters. The van der Waals surface area contributed by atoms with Gasteiger partial charge in [0.25, 0.3) is 5.91 Å². The van der Waals surface area contributed by atoms with Crippen molar-refractivity contribution in [3.8, 4) is 22.9 Å². The van der Waals surface area contributed by atoms with Gasteiger partial charge in [-0.2, -0.15) is 0 Å². The minimum atomic E-state index is -3.09. The molecule has 1 aromatic heterocycles. The lowest BCUT2D eigenvalue weighted by molar-refractivity contribution is 0.0511. The zero-order chi connectivity index (χ0) is 32.4. The Balaban J connectivity index is 1.84. The Labute approximate surface area is 264 Å². The average molecular weight is 635 g/mol. The number of hydrogen-bond acceptors (Lipinski definition) is 8. The van der Waals surface area contributed by atoms with Crippen LogP contribution in [0.3, 0.4) is 0 Å². The molecule has 1 amide bonds. The van der Waals surface area contributed by atoms with E-state index in [2.05, 4.69) is 0 Å². The van der Waals surface area contributed by atoms with E-state index in [1.165, 1.54) is 15.7 Å². The van der Waals surface area contributed by atoms with Crippen LogP contribution in [0.4, 0.5) is 0 Å². The van der Waals surface area contributed by atoms with E-state index in [-0.39, 0.29) is 55.1 Å². The number of amides is 1. The van der Waals surface area contributed by atoms with Gasteiger partial charge < -0.3 is 23.8 Å². The maximum absolute atomic E-state index is 13.9. The predicted octanol–water partition coefficient (Wildman–Crippen LogP) is 5.33. The topological polar surface area (TPSA) is 113 Å². The lowest BCUT2D eigenvalue weighted by atomic mass is 10.2. The number of nitrogens with zero attached hydrogens (tertiary/aromatic N) is 2. The van der Waals surface area contributed by atoms with Crippen molar-refractivity contribution in [2.45, 2.75) is 26.6 Å². The maximum Gasteiger partial charge on any atom is 0.359 e. The Morgan fingerprint density at radius 2 is 1.29 bits per heavy atom. The Morgan fingerprint density at radius 1 is 0.756 bits per heavy atom. The highest BCUT2D eigenvalue weighted by atomic mass is 32.2. The van der Waals surface area contributed by atoms with Crippen LogP contribution < -0.4 is 14.2 Å². The maximum atomic E-state index is 13.9. The molecule has 4 rings (SSSR count). The number of sulfone groups is 1. The highest BCUT2D eigenvalue weighted by Crippen LogP contribution is 2.42. The molecule has 3 aromatic carbocycles. The SMILES string of the molecule is CCOC(=O)c1c(OCc2ccccc2)c(OCc2ccccc2)c(C(=O)N(C)C)n1-c1ccc(OCCCS(C)(=O)=O)cc1. The van der Waals surface area contributed by atoms with Crippen LogP contribution in [0.15, 0.2) is 84.9 Å². The monoisotopic (exact) mass is 634 g/mol. The molecule has 4 aromatic rings. The van der Waals surface area contributed by atoms with E-state index in [0.717, 1.165) is 11.1 Å². The van der Waals surface area contributed by atoms with Crippen LogP contribution in [0.5, 0.6) is 17.2 Å². The van der Waals surface area contributed by atoms with Crippen molar-refractivity contribution in [3.63, 3.8) is 0 Å². The Bertz CT molecular complexity index is 1680. The van der Waals surface area contributed by atoms with E-state index in [9.17, 15) is 18.0 Å². The first kappa shape index (κ1) is 33.1. The Kier molecular flexibility index (Phi) is 11.3. The van der Waals surface area contributed by atoms with E-state index in [4.69, 9.17) is 18.9 Å². The molecule has 0 aliphatic rings. The Morgan fingerprint density at radius 3 is 1.78 bits per heavy atom. The molecule has 0 atom stereocenters. The number of esters is 1. The molecule has 11 heteroatoms. The van der Waals surface area contributed by atoms with Crippen LogP contribution in [-0.4, -0.2) is 69.1 Å². The largest absolute Gasteiger partial charge is 0.494 e. The molecule has 0 saturated carbocycles. The molecule has 10 nitrogen and oxygen atoms in total. The van der Waals surface area contributed by atoms with Crippen molar-refractivity contribution in [1.82, 2.24) is 9.47 Å². The summed E-state index contributed by atoms with van der Waals surface area (Å²) < 4.78 is 48.2. The van der Waals surface area contributed by atoms with Crippen LogP contribution in [0, 0.1) is 0 Å². The number of carbonyl (C=O) groups excluding carboxylic acids is 2. The molecule has 45 heavy (non-hydrogen) atoms. The van der Waals surface area contributed by atoms with Crippen LogP contribution in [-0.2, 0) is 27.8 Å². The van der Waals surface area contributed by atoms with E-state index >= 15 is 0 Å². The van der Waals surface area contributed by atoms with Crippen LogP contribution in [0.1, 0.15) is 45.4 Å². The summed E-state index contributed by atoms with van der Waals surface area (Å²) in [5.41, 5.74) is 2.27. The summed E-state index contributed by atoms with van der Waals surface area (Å²) in [7, 11) is 0.135. The number of ether oxygens (including phenoxy) is 4. The number of rotatable bonds is 15. The summed E-state index contributed by atoms with van der Waals surface area (Å²) in [6.45, 7) is 2.23. The van der Waals surface area contributed by atoms with Crippen molar-refractivity contribution in [2.24, 2.45) is 0 Å². The van der Waals surface area contributed by atoms with E-state index in [1.807, 2.05) is 60.7 Å². The molecule has 1 heterocycles. The van der Waals surface area contributed by atoms with Gasteiger partial charge in [0.05, 0.1) is 19.0 Å². The zero-order valence-corrected chi connectivity index (χ0v) is 26.7. The highest BCUT2D eigenvalue weighted by molar-refractivity contribution is 7.90. The molecule has 0 aliphatic carbocycles. The molecular weight excluding hydrogens is 596 g/mol. The standard InChI is InChI=1S/C34H38N2O8S/c1-5-41-34(38)30-32(44-24-26-15-10-7-11-16-26)31(43-23-25-13-8-6-9-14-25)29(33(37)35(2)3)36(30)27-17-19-28(20-18-27)42-21-12-22-45(4,39)40/h6-11,13-20H,5,12,21-24H2,1-4H3. The molecule has 0 bridgehead atoms. The van der Waals surface area contributed by atoms with Gasteiger partial charge in [-0.05, 0) is 48.7 Å². The van der Waals surface area contributed by atoms with Gasteiger partial charge in [0.1, 0.15) is 28.8 Å². The minimum Gasteiger partial charge on any atom is -0.494 e. The molecule has 0 radical (unpaired) electrons. The first-order valence-corrected chi connectivity index (χ1v) is 16.6. The second-order valence-corrected chi connectivity index (χ2v) is 12.7. The van der Waals surface area contributed by atoms with Crippen molar-refractivity contribution >= 4 is 21.7 Å². The second kappa shape index (κ2) is 15.3. The van der Waals surface area contributed by atoms with E-state index in [1.54, 1.807) is 45.3 Å². The molecule has 0 N–H and O–H groups in total. The zero-order valence-electron chi connectivity index (χ0n) is 25.9. The lowest BCUT2D eigenvalue weighted by Crippen LogP contribution is -2.26. The Hall–Kier alpha value is -4.77. The molecule has 0 spiro atoms. The third-order valence-corrected chi connectivity index (χ3v) is 7.67. The van der Waals surface area contributed by atoms with Crippen LogP contribution >= 0.6 is 0 Å². The summed E-state index contributed by atoms with van der Waals surface area (Å²) in [4.78, 5) is 28.9. The van der Waals surface area contributed by atoms with Gasteiger partial charge in [0.2, 0.25) is 0 Å². The van der Waals surface area contributed by atoms with Gasteiger partial charge in [-0.3, -0.25) is 9.36 Å². The second-order valence-electron chi connectivity index (χ2n) is 10.5. The van der Waals surface area contributed by atoms with E-state index in [0.29, 0.717) is 17.9 Å². The number of carbonyl (C=O) groups is 2. The van der Waals surface area contributed by atoms with Gasteiger partial charge in [-0.25, -0.2) is 13.2 Å². The third kappa shape index (κ3) is 8.89. The summed E-state index contributed by atoms with van der Waals surface area (Å²) in [6, 6.07) is 25.7. The van der Waals surface area contributed by atoms with Gasteiger partial charge in [-0.1, -0.05) is 60.7 Å². The first-order chi connectivity index (χ1) is 21.6. The smallest absolute Gasteiger partial charge is 0.359 e. The highest BCUT2D eigenvalue weighted by Gasteiger charge is 2.36. The molecule has 238 valence electrons. The fourth-order valence-corrected chi connectivity index (χ4v) is 5.15. The van der Waals surface area contributed by atoms with Gasteiger partial charge in [0, 0.05) is 26.0 Å². The van der Waals surface area contributed by atoms with Crippen molar-refractivity contribution in [3.05, 3.63) is 107 Å². The fraction of sp³-hybridized carbons (Fsp3) is 0.294. The summed E-state index contributed by atoms with van der Waals surface area (Å²) in [5.74, 6) is -0.399. The van der Waals surface area contributed by atoms with Crippen LogP contribution in [0.25, 0.3) is 5.69 Å². The number of aromatic nitrogens is 1. The summed E-state index contributed by atoms with van der Waals surface area (Å²) in [5, 5.41) is 0. The van der Waals surface area contributed by atoms with Crippen molar-refractivity contribution in [1.29, 1.82) is 0 Å². The third-order valence-electron chi connectivity index (χ3n) is 6.64. The van der Waals surface area contributed by atoms with Crippen molar-refractivity contribution in [2.75, 3.05) is 39.3 Å². The van der Waals surface area contributed by atoms with Gasteiger partial charge in [0.15, 0.2) is 22.9 Å². The molecule has 0 saturated heterocycles. The van der Waals surface area contributed by atoms with Crippen LogP contribution in [0.2, 0.25) is 0 Å². The average Bonchev–Trinajstić information content (AvgIpc) is 3.35. The van der Waals surface area contributed by atoms with Gasteiger partial charge in [-0.15, -0.1) is 0 Å². The summed E-state index contributed by atoms with van der Waals surface area (Å²) >= 11 is 0. The lowest BCUT2D eigenvalue weighted by Gasteiger charge is -2.17. The van der Waals surface area contributed by atoms with E-state index < -0.39 is 21.7 Å². The molecule has 0 fully saturated rings. The number of hydrogen-bond donors (Lipinski definition) is 0. The summed E-state index contributed by atoms with van der Waals surface area (Å²) in [6.07, 6.45) is 1.53. The fourth-order valence-electron chi connectivity index (χ4n) is 4.51. The minimum absolute atomic E-state index is 0.00265. The first-order valence-electron chi connectivity index (χ1n) is 14.5. The number of benzene rings is 3.